The number of benzene rings is 2. The molecule has 0 spiro atoms. The molecule has 0 aliphatic carbocycles. The first kappa shape index (κ1) is 26.9. The lowest BCUT2D eigenvalue weighted by molar-refractivity contribution is -0.135. The van der Waals surface area contributed by atoms with E-state index in [1.54, 1.807) is 30.3 Å². The van der Waals surface area contributed by atoms with E-state index in [0.29, 0.717) is 29.7 Å². The Morgan fingerprint density at radius 3 is 2.42 bits per heavy atom. The van der Waals surface area contributed by atoms with Crippen molar-refractivity contribution in [1.82, 2.24) is 0 Å². The highest BCUT2D eigenvalue weighted by Crippen LogP contribution is 2.28. The second-order valence-corrected chi connectivity index (χ2v) is 16.0. The first-order valence-electron chi connectivity index (χ1n) is 9.81. The molecule has 178 valence electrons. The van der Waals surface area contributed by atoms with Gasteiger partial charge in [0.2, 0.25) is 5.76 Å². The van der Waals surface area contributed by atoms with Crippen LogP contribution in [0.2, 0.25) is 6.04 Å². The number of hydrogen-bond donors (Lipinski definition) is 1. The van der Waals surface area contributed by atoms with Crippen LogP contribution in [0.1, 0.15) is 28.8 Å². The van der Waals surface area contributed by atoms with Gasteiger partial charge in [-0.05, 0) is 61.4 Å². The van der Waals surface area contributed by atoms with Crippen molar-refractivity contribution in [3.05, 3.63) is 59.4 Å². The predicted molar refractivity (Wildman–Crippen MR) is 130 cm³/mol. The molecule has 0 atom stereocenters. The van der Waals surface area contributed by atoms with Crippen LogP contribution in [0.25, 0.3) is 6.08 Å². The molecule has 0 aliphatic heterocycles. The van der Waals surface area contributed by atoms with Gasteiger partial charge < -0.3 is 24.1 Å². The van der Waals surface area contributed by atoms with Gasteiger partial charge in [-0.3, -0.25) is 0 Å². The molecule has 11 heteroatoms. The Bertz CT molecular complexity index is 1010. The van der Waals surface area contributed by atoms with Crippen molar-refractivity contribution in [3.63, 3.8) is 0 Å². The molecule has 2 aromatic carbocycles. The van der Waals surface area contributed by atoms with E-state index in [9.17, 15) is 9.59 Å². The SMILES string of the molecule is CO/C(=C/c1cc(OC(=O)c2cccc(OCCCC[Si](Cl)(Cl)Cl)c2)ccc1OC)C(=O)O. The maximum Gasteiger partial charge on any atom is 0.371 e. The Balaban J connectivity index is 2.07. The largest absolute Gasteiger partial charge is 0.496 e. The molecule has 0 radical (unpaired) electrons. The van der Waals surface area contributed by atoms with Crippen molar-refractivity contribution in [2.45, 2.75) is 18.9 Å². The molecule has 7 nitrogen and oxygen atoms in total. The van der Waals surface area contributed by atoms with E-state index in [4.69, 9.17) is 57.3 Å². The van der Waals surface area contributed by atoms with E-state index < -0.39 is 17.9 Å². The van der Waals surface area contributed by atoms with Crippen molar-refractivity contribution in [2.75, 3.05) is 20.8 Å². The number of aliphatic carboxylic acids is 1. The summed E-state index contributed by atoms with van der Waals surface area (Å²) in [5, 5.41) is 9.17. The molecule has 0 saturated heterocycles. The number of carboxylic acids is 1. The minimum absolute atomic E-state index is 0.204. The molecule has 2 aromatic rings. The van der Waals surface area contributed by atoms with E-state index in [2.05, 4.69) is 0 Å². The number of ether oxygens (including phenoxy) is 4. The number of hydrogen-bond acceptors (Lipinski definition) is 6. The molecular weight excluding hydrogens is 511 g/mol. The first-order chi connectivity index (χ1) is 15.6. The third-order valence-electron chi connectivity index (χ3n) is 4.32. The Morgan fingerprint density at radius 1 is 1.03 bits per heavy atom. The number of methoxy groups -OCH3 is 2. The van der Waals surface area contributed by atoms with Crippen LogP contribution in [0.4, 0.5) is 0 Å². The maximum atomic E-state index is 12.6. The fourth-order valence-corrected chi connectivity index (χ4v) is 4.59. The summed E-state index contributed by atoms with van der Waals surface area (Å²) in [5.41, 5.74) is 0.661. The van der Waals surface area contributed by atoms with Crippen molar-refractivity contribution < 1.29 is 33.6 Å². The average Bonchev–Trinajstić information content (AvgIpc) is 2.76. The van der Waals surface area contributed by atoms with Gasteiger partial charge in [0.05, 0.1) is 26.4 Å². The smallest absolute Gasteiger partial charge is 0.371 e. The average molecular weight is 534 g/mol. The third-order valence-corrected chi connectivity index (χ3v) is 6.94. The van der Waals surface area contributed by atoms with E-state index in [-0.39, 0.29) is 17.1 Å². The molecule has 1 N–H and O–H groups in total. The number of carbonyl (C=O) groups excluding carboxylic acids is 1. The molecule has 33 heavy (non-hydrogen) atoms. The van der Waals surface area contributed by atoms with Crippen LogP contribution in [-0.2, 0) is 9.53 Å². The van der Waals surface area contributed by atoms with Gasteiger partial charge in [-0.15, -0.1) is 33.2 Å². The lowest BCUT2D eigenvalue weighted by atomic mass is 10.1. The van der Waals surface area contributed by atoms with Gasteiger partial charge in [0, 0.05) is 5.56 Å². The molecule has 0 saturated carbocycles. The fourth-order valence-electron chi connectivity index (χ4n) is 2.73. The van der Waals surface area contributed by atoms with Crippen molar-refractivity contribution in [2.24, 2.45) is 0 Å². The summed E-state index contributed by atoms with van der Waals surface area (Å²) >= 11 is 17.6. The van der Waals surface area contributed by atoms with Gasteiger partial charge >= 0.3 is 17.9 Å². The molecule has 2 rings (SSSR count). The maximum absolute atomic E-state index is 12.6. The van der Waals surface area contributed by atoms with E-state index >= 15 is 0 Å². The van der Waals surface area contributed by atoms with E-state index in [1.165, 1.54) is 32.4 Å². The van der Waals surface area contributed by atoms with Gasteiger partial charge in [0.25, 0.3) is 0 Å². The van der Waals surface area contributed by atoms with Gasteiger partial charge in [0.1, 0.15) is 17.2 Å². The minimum Gasteiger partial charge on any atom is -0.496 e. The number of esters is 1. The predicted octanol–water partition coefficient (Wildman–Crippen LogP) is 5.80. The summed E-state index contributed by atoms with van der Waals surface area (Å²) in [6, 6.07) is 9.10. The lowest BCUT2D eigenvalue weighted by Crippen LogP contribution is -2.10. The van der Waals surface area contributed by atoms with Gasteiger partial charge in [-0.1, -0.05) is 6.07 Å². The molecule has 0 fully saturated rings. The van der Waals surface area contributed by atoms with Gasteiger partial charge in [0.15, 0.2) is 0 Å². The number of carboxylic acid groups (broad SMARTS) is 1. The van der Waals surface area contributed by atoms with Crippen molar-refractivity contribution in [1.29, 1.82) is 0 Å². The van der Waals surface area contributed by atoms with Crippen LogP contribution < -0.4 is 14.2 Å². The zero-order valence-electron chi connectivity index (χ0n) is 18.0. The summed E-state index contributed by atoms with van der Waals surface area (Å²) in [4.78, 5) is 23.8. The van der Waals surface area contributed by atoms with Crippen LogP contribution in [-0.4, -0.2) is 43.9 Å². The first-order valence-corrected chi connectivity index (χ1v) is 15.1. The second kappa shape index (κ2) is 12.7. The lowest BCUT2D eigenvalue weighted by Gasteiger charge is -2.11. The van der Waals surface area contributed by atoms with Gasteiger partial charge in [-0.25, -0.2) is 9.59 Å². The quantitative estimate of drug-likeness (QED) is 0.0701. The topological polar surface area (TPSA) is 91.3 Å². The van der Waals surface area contributed by atoms with Crippen LogP contribution in [0.3, 0.4) is 0 Å². The molecule has 0 aromatic heterocycles. The summed E-state index contributed by atoms with van der Waals surface area (Å²) < 4.78 is 21.2. The fraction of sp³-hybridized carbons (Fsp3) is 0.273. The molecule has 0 bridgehead atoms. The third kappa shape index (κ3) is 9.17. The number of rotatable bonds is 12. The summed E-state index contributed by atoms with van der Waals surface area (Å²) in [7, 11) is 2.68. The van der Waals surface area contributed by atoms with Crippen LogP contribution in [0.15, 0.2) is 48.2 Å². The highest BCUT2D eigenvalue weighted by molar-refractivity contribution is 7.64. The Hall–Kier alpha value is -2.39. The van der Waals surface area contributed by atoms with E-state index in [1.807, 2.05) is 0 Å². The summed E-state index contributed by atoms with van der Waals surface area (Å²) in [6.45, 7) is 0.424. The number of unbranched alkanes of at least 4 members (excludes halogenated alkanes) is 1. The van der Waals surface area contributed by atoms with Crippen LogP contribution >= 0.6 is 33.2 Å². The summed E-state index contributed by atoms with van der Waals surface area (Å²) in [6.07, 6.45) is 2.74. The Kier molecular flexibility index (Phi) is 10.4. The molecule has 0 heterocycles. The monoisotopic (exact) mass is 532 g/mol. The normalized spacial score (nSPS) is 11.6. The van der Waals surface area contributed by atoms with E-state index in [0.717, 1.165) is 12.8 Å². The highest BCUT2D eigenvalue weighted by Gasteiger charge is 2.23. The molecule has 0 aliphatic rings. The molecule has 0 unspecified atom stereocenters. The molecule has 0 amide bonds. The van der Waals surface area contributed by atoms with Crippen molar-refractivity contribution in [3.8, 4) is 17.2 Å². The van der Waals surface area contributed by atoms with Crippen molar-refractivity contribution >= 4 is 57.3 Å². The van der Waals surface area contributed by atoms with Gasteiger partial charge in [-0.2, -0.15) is 0 Å². The Labute approximate surface area is 206 Å². The van der Waals surface area contributed by atoms with Crippen LogP contribution in [0, 0.1) is 0 Å². The molecular formula is C22H23Cl3O7Si. The zero-order chi connectivity index (χ0) is 24.4. The Morgan fingerprint density at radius 2 is 1.79 bits per heavy atom. The van der Waals surface area contributed by atoms with Crippen LogP contribution in [0.5, 0.6) is 17.2 Å². The zero-order valence-corrected chi connectivity index (χ0v) is 21.2. The minimum atomic E-state index is -2.62. The second-order valence-electron chi connectivity index (χ2n) is 6.76. The standard InChI is InChI=1S/C22H23Cl3O7Si/c1-29-19-9-8-18(13-16(19)14-20(30-2)21(26)27)32-22(28)15-6-5-7-17(12-15)31-10-3-4-11-33(23,24)25/h5-9,12-14H,3-4,10-11H2,1-2H3,(H,26,27)/b20-14+. The number of halogens is 3. The number of carbonyl (C=O) groups is 2. The highest BCUT2D eigenvalue weighted by atomic mass is 35.8. The summed E-state index contributed by atoms with van der Waals surface area (Å²) in [5.74, 6) is -1.03.